The SMILES string of the molecule is Cc1ccccc1C1(NC(=S)Nc2cccc(Br)c2)CCCC1. The molecule has 0 spiro atoms. The highest BCUT2D eigenvalue weighted by atomic mass is 79.9. The Labute approximate surface area is 151 Å². The highest BCUT2D eigenvalue weighted by Gasteiger charge is 2.37. The molecule has 0 aromatic heterocycles. The number of halogens is 1. The molecule has 0 aliphatic heterocycles. The van der Waals surface area contributed by atoms with Gasteiger partial charge in [-0.2, -0.15) is 0 Å². The first-order valence-electron chi connectivity index (χ1n) is 8.00. The molecule has 0 radical (unpaired) electrons. The number of benzene rings is 2. The molecule has 2 N–H and O–H groups in total. The number of aryl methyl sites for hydroxylation is 1. The summed E-state index contributed by atoms with van der Waals surface area (Å²) in [4.78, 5) is 0. The van der Waals surface area contributed by atoms with E-state index >= 15 is 0 Å². The van der Waals surface area contributed by atoms with Gasteiger partial charge in [-0.1, -0.05) is 59.1 Å². The van der Waals surface area contributed by atoms with Crippen molar-refractivity contribution in [2.24, 2.45) is 0 Å². The quantitative estimate of drug-likeness (QED) is 0.677. The van der Waals surface area contributed by atoms with Gasteiger partial charge in [-0.3, -0.25) is 0 Å². The number of hydrogen-bond acceptors (Lipinski definition) is 1. The summed E-state index contributed by atoms with van der Waals surface area (Å²) in [5.41, 5.74) is 3.65. The van der Waals surface area contributed by atoms with E-state index in [1.807, 2.05) is 24.3 Å². The van der Waals surface area contributed by atoms with Crippen LogP contribution in [0.1, 0.15) is 36.8 Å². The molecule has 1 saturated carbocycles. The van der Waals surface area contributed by atoms with Crippen molar-refractivity contribution in [3.63, 3.8) is 0 Å². The summed E-state index contributed by atoms with van der Waals surface area (Å²) in [6.45, 7) is 2.18. The van der Waals surface area contributed by atoms with Crippen molar-refractivity contribution in [1.82, 2.24) is 5.32 Å². The molecule has 1 aliphatic rings. The Morgan fingerprint density at radius 2 is 1.83 bits per heavy atom. The number of hydrogen-bond donors (Lipinski definition) is 2. The third-order valence-corrected chi connectivity index (χ3v) is 5.25. The fourth-order valence-corrected chi connectivity index (χ4v) is 4.21. The number of anilines is 1. The van der Waals surface area contributed by atoms with Crippen molar-refractivity contribution in [1.29, 1.82) is 0 Å². The van der Waals surface area contributed by atoms with E-state index in [9.17, 15) is 0 Å². The molecule has 4 heteroatoms. The normalized spacial score (nSPS) is 16.1. The molecule has 120 valence electrons. The van der Waals surface area contributed by atoms with E-state index < -0.39 is 0 Å². The molecule has 2 aromatic rings. The molecule has 3 rings (SSSR count). The van der Waals surface area contributed by atoms with Crippen LogP contribution in [0.5, 0.6) is 0 Å². The Hall–Kier alpha value is -1.39. The van der Waals surface area contributed by atoms with Gasteiger partial charge in [0.25, 0.3) is 0 Å². The summed E-state index contributed by atoms with van der Waals surface area (Å²) in [7, 11) is 0. The van der Waals surface area contributed by atoms with Gasteiger partial charge in [-0.05, 0) is 61.3 Å². The summed E-state index contributed by atoms with van der Waals surface area (Å²) >= 11 is 9.09. The average molecular weight is 389 g/mol. The van der Waals surface area contributed by atoms with Gasteiger partial charge >= 0.3 is 0 Å². The number of thiocarbonyl (C=S) groups is 1. The van der Waals surface area contributed by atoms with E-state index in [0.717, 1.165) is 23.0 Å². The molecule has 2 aromatic carbocycles. The van der Waals surface area contributed by atoms with Crippen LogP contribution in [0.2, 0.25) is 0 Å². The van der Waals surface area contributed by atoms with Crippen molar-refractivity contribution >= 4 is 38.9 Å². The van der Waals surface area contributed by atoms with Crippen molar-refractivity contribution in [2.45, 2.75) is 38.1 Å². The second-order valence-electron chi connectivity index (χ2n) is 6.19. The van der Waals surface area contributed by atoms with Crippen molar-refractivity contribution in [3.05, 3.63) is 64.1 Å². The predicted octanol–water partition coefficient (Wildman–Crippen LogP) is 5.51. The summed E-state index contributed by atoms with van der Waals surface area (Å²) in [6.07, 6.45) is 4.72. The van der Waals surface area contributed by atoms with Crippen molar-refractivity contribution in [3.8, 4) is 0 Å². The van der Waals surface area contributed by atoms with Crippen molar-refractivity contribution < 1.29 is 0 Å². The van der Waals surface area contributed by atoms with E-state index in [4.69, 9.17) is 12.2 Å². The maximum absolute atomic E-state index is 5.59. The van der Waals surface area contributed by atoms with Crippen LogP contribution in [0.3, 0.4) is 0 Å². The topological polar surface area (TPSA) is 24.1 Å². The second kappa shape index (κ2) is 7.02. The molecule has 1 aliphatic carbocycles. The van der Waals surface area contributed by atoms with E-state index in [1.54, 1.807) is 0 Å². The van der Waals surface area contributed by atoms with E-state index in [1.165, 1.54) is 24.0 Å². The van der Waals surface area contributed by atoms with Crippen LogP contribution in [0.4, 0.5) is 5.69 Å². The fraction of sp³-hybridized carbons (Fsp3) is 0.316. The van der Waals surface area contributed by atoms with Gasteiger partial charge in [0.15, 0.2) is 5.11 Å². The Morgan fingerprint density at radius 1 is 1.09 bits per heavy atom. The molecular weight excluding hydrogens is 368 g/mol. The summed E-state index contributed by atoms with van der Waals surface area (Å²) in [6, 6.07) is 16.7. The Morgan fingerprint density at radius 3 is 2.52 bits per heavy atom. The van der Waals surface area contributed by atoms with Crippen LogP contribution in [0.15, 0.2) is 53.0 Å². The first-order valence-corrected chi connectivity index (χ1v) is 9.20. The molecule has 1 fully saturated rings. The first kappa shape index (κ1) is 16.5. The van der Waals surface area contributed by atoms with Gasteiger partial charge in [0, 0.05) is 10.2 Å². The molecule has 0 saturated heterocycles. The number of nitrogens with one attached hydrogen (secondary N) is 2. The van der Waals surface area contributed by atoms with Crippen LogP contribution in [0.25, 0.3) is 0 Å². The standard InChI is InChI=1S/C19H21BrN2S/c1-14-7-2-3-10-17(14)19(11-4-5-12-19)22-18(23)21-16-9-6-8-15(20)13-16/h2-3,6-10,13H,4-5,11-12H2,1H3,(H2,21,22,23). The lowest BCUT2D eigenvalue weighted by molar-refractivity contribution is 0.406. The zero-order chi connectivity index (χ0) is 16.3. The first-order chi connectivity index (χ1) is 11.1. The minimum atomic E-state index is -0.0402. The maximum atomic E-state index is 5.59. The van der Waals surface area contributed by atoms with E-state index in [-0.39, 0.29) is 5.54 Å². The Kier molecular flexibility index (Phi) is 5.02. The largest absolute Gasteiger partial charge is 0.353 e. The van der Waals surface area contributed by atoms with Crippen LogP contribution >= 0.6 is 28.1 Å². The van der Waals surface area contributed by atoms with Gasteiger partial charge in [0.1, 0.15) is 0 Å². The Bertz CT molecular complexity index is 708. The lowest BCUT2D eigenvalue weighted by atomic mass is 9.85. The molecule has 0 unspecified atom stereocenters. The summed E-state index contributed by atoms with van der Waals surface area (Å²) in [5.74, 6) is 0. The van der Waals surface area contributed by atoms with Crippen LogP contribution in [-0.2, 0) is 5.54 Å². The van der Waals surface area contributed by atoms with Crippen molar-refractivity contribution in [2.75, 3.05) is 5.32 Å². The summed E-state index contributed by atoms with van der Waals surface area (Å²) in [5, 5.41) is 7.62. The Balaban J connectivity index is 1.80. The van der Waals surface area contributed by atoms with Gasteiger partial charge in [-0.15, -0.1) is 0 Å². The lowest BCUT2D eigenvalue weighted by Gasteiger charge is -2.33. The van der Waals surface area contributed by atoms with E-state index in [0.29, 0.717) is 5.11 Å². The van der Waals surface area contributed by atoms with Crippen LogP contribution in [0, 0.1) is 6.92 Å². The number of rotatable bonds is 3. The maximum Gasteiger partial charge on any atom is 0.171 e. The monoisotopic (exact) mass is 388 g/mol. The van der Waals surface area contributed by atoms with Crippen LogP contribution < -0.4 is 10.6 Å². The predicted molar refractivity (Wildman–Crippen MR) is 105 cm³/mol. The minimum absolute atomic E-state index is 0.0402. The van der Waals surface area contributed by atoms with E-state index in [2.05, 4.69) is 57.8 Å². The molecular formula is C19H21BrN2S. The highest BCUT2D eigenvalue weighted by molar-refractivity contribution is 9.10. The molecule has 0 bridgehead atoms. The molecule has 0 amide bonds. The van der Waals surface area contributed by atoms with Gasteiger partial charge in [-0.25, -0.2) is 0 Å². The van der Waals surface area contributed by atoms with Gasteiger partial charge < -0.3 is 10.6 Å². The zero-order valence-electron chi connectivity index (χ0n) is 13.2. The summed E-state index contributed by atoms with van der Waals surface area (Å²) < 4.78 is 1.04. The third kappa shape index (κ3) is 3.75. The smallest absolute Gasteiger partial charge is 0.171 e. The molecule has 23 heavy (non-hydrogen) atoms. The van der Waals surface area contributed by atoms with Gasteiger partial charge in [0.2, 0.25) is 0 Å². The fourth-order valence-electron chi connectivity index (χ4n) is 3.50. The van der Waals surface area contributed by atoms with Crippen LogP contribution in [-0.4, -0.2) is 5.11 Å². The van der Waals surface area contributed by atoms with Gasteiger partial charge in [0.05, 0.1) is 5.54 Å². The third-order valence-electron chi connectivity index (χ3n) is 4.55. The molecule has 2 nitrogen and oxygen atoms in total. The molecule has 0 heterocycles. The minimum Gasteiger partial charge on any atom is -0.353 e. The highest BCUT2D eigenvalue weighted by Crippen LogP contribution is 2.40. The average Bonchev–Trinajstić information content (AvgIpc) is 2.97. The molecule has 0 atom stereocenters. The second-order valence-corrected chi connectivity index (χ2v) is 7.52. The lowest BCUT2D eigenvalue weighted by Crippen LogP contribution is -2.46. The zero-order valence-corrected chi connectivity index (χ0v) is 15.6.